The molecule has 0 aliphatic heterocycles. The average molecular weight is 214 g/mol. The van der Waals surface area contributed by atoms with Crippen molar-refractivity contribution in [2.24, 2.45) is 0 Å². The van der Waals surface area contributed by atoms with Gasteiger partial charge in [0.25, 0.3) is 0 Å². The molecule has 0 spiro atoms. The lowest BCUT2D eigenvalue weighted by Gasteiger charge is -2.12. The summed E-state index contributed by atoms with van der Waals surface area (Å²) in [4.78, 5) is 18.1. The van der Waals surface area contributed by atoms with E-state index in [9.17, 15) is 4.79 Å². The minimum atomic E-state index is -0.646. The molecule has 0 amide bonds. The molecule has 6 nitrogen and oxygen atoms in total. The van der Waals surface area contributed by atoms with E-state index >= 15 is 0 Å². The predicted molar refractivity (Wildman–Crippen MR) is 51.3 cm³/mol. The molecule has 0 radical (unpaired) electrons. The number of esters is 1. The van der Waals surface area contributed by atoms with Crippen LogP contribution in [0.1, 0.15) is 29.4 Å². The zero-order chi connectivity index (χ0) is 11.3. The molecule has 0 unspecified atom stereocenters. The van der Waals surface area contributed by atoms with E-state index in [-0.39, 0.29) is 5.69 Å². The van der Waals surface area contributed by atoms with Gasteiger partial charge in [0.1, 0.15) is 5.69 Å². The van der Waals surface area contributed by atoms with Gasteiger partial charge in [-0.3, -0.25) is 0 Å². The Morgan fingerprint density at radius 1 is 1.53 bits per heavy atom. The fraction of sp³-hybridized carbons (Fsp3) is 0.556. The van der Waals surface area contributed by atoms with Crippen LogP contribution in [0.15, 0.2) is 6.33 Å². The van der Waals surface area contributed by atoms with E-state index in [0.29, 0.717) is 12.3 Å². The standard InChI is InChI=1S/C9H14N2O4/c1-4-15-8(12)6-7(11-5-10-6)9(13-2)14-3/h5,9H,4H2,1-3H3,(H,10,11). The van der Waals surface area contributed by atoms with Gasteiger partial charge in [-0.25, -0.2) is 9.78 Å². The Labute approximate surface area is 87.6 Å². The summed E-state index contributed by atoms with van der Waals surface area (Å²) in [5, 5.41) is 0. The van der Waals surface area contributed by atoms with E-state index in [1.54, 1.807) is 6.92 Å². The Kier molecular flexibility index (Phi) is 4.26. The summed E-state index contributed by atoms with van der Waals surface area (Å²) in [5.41, 5.74) is 0.643. The first-order chi connectivity index (χ1) is 7.24. The van der Waals surface area contributed by atoms with Crippen molar-refractivity contribution in [1.82, 2.24) is 9.97 Å². The number of hydrogen-bond acceptors (Lipinski definition) is 5. The molecule has 0 saturated carbocycles. The highest BCUT2D eigenvalue weighted by atomic mass is 16.7. The lowest BCUT2D eigenvalue weighted by atomic mass is 10.3. The number of nitrogens with zero attached hydrogens (tertiary/aromatic N) is 1. The summed E-state index contributed by atoms with van der Waals surface area (Å²) in [6, 6.07) is 0. The third-order valence-corrected chi connectivity index (χ3v) is 1.80. The molecular formula is C9H14N2O4. The second-order valence-electron chi connectivity index (χ2n) is 2.69. The lowest BCUT2D eigenvalue weighted by Crippen LogP contribution is -2.13. The molecule has 1 heterocycles. The predicted octanol–water partition coefficient (Wildman–Crippen LogP) is 0.878. The zero-order valence-corrected chi connectivity index (χ0v) is 8.94. The van der Waals surface area contributed by atoms with Gasteiger partial charge in [-0.2, -0.15) is 0 Å². The van der Waals surface area contributed by atoms with Crippen molar-refractivity contribution >= 4 is 5.97 Å². The quantitative estimate of drug-likeness (QED) is 0.581. The van der Waals surface area contributed by atoms with Crippen LogP contribution in [0.2, 0.25) is 0 Å². The molecular weight excluding hydrogens is 200 g/mol. The van der Waals surface area contributed by atoms with E-state index in [1.165, 1.54) is 20.5 Å². The summed E-state index contributed by atoms with van der Waals surface area (Å²) in [7, 11) is 2.95. The first-order valence-electron chi connectivity index (χ1n) is 4.50. The van der Waals surface area contributed by atoms with E-state index in [2.05, 4.69) is 9.97 Å². The molecule has 1 rings (SSSR count). The minimum Gasteiger partial charge on any atom is -0.461 e. The van der Waals surface area contributed by atoms with Crippen LogP contribution in [0.3, 0.4) is 0 Å². The summed E-state index contributed by atoms with van der Waals surface area (Å²) >= 11 is 0. The molecule has 0 aliphatic rings. The van der Waals surface area contributed by atoms with Crippen LogP contribution in [-0.2, 0) is 14.2 Å². The van der Waals surface area contributed by atoms with Gasteiger partial charge < -0.3 is 19.2 Å². The van der Waals surface area contributed by atoms with Gasteiger partial charge in [-0.05, 0) is 6.92 Å². The van der Waals surface area contributed by atoms with Crippen molar-refractivity contribution in [2.75, 3.05) is 20.8 Å². The van der Waals surface area contributed by atoms with Crippen LogP contribution in [0.4, 0.5) is 0 Å². The highest BCUT2D eigenvalue weighted by Crippen LogP contribution is 2.18. The van der Waals surface area contributed by atoms with Crippen molar-refractivity contribution in [3.05, 3.63) is 17.7 Å². The Morgan fingerprint density at radius 3 is 2.73 bits per heavy atom. The smallest absolute Gasteiger partial charge is 0.359 e. The number of ether oxygens (including phenoxy) is 3. The Bertz CT molecular complexity index is 320. The highest BCUT2D eigenvalue weighted by molar-refractivity contribution is 5.88. The monoisotopic (exact) mass is 214 g/mol. The molecule has 1 aromatic heterocycles. The fourth-order valence-electron chi connectivity index (χ4n) is 1.18. The van der Waals surface area contributed by atoms with Crippen molar-refractivity contribution < 1.29 is 19.0 Å². The summed E-state index contributed by atoms with van der Waals surface area (Å²) in [5.74, 6) is -0.493. The van der Waals surface area contributed by atoms with Crippen molar-refractivity contribution in [3.63, 3.8) is 0 Å². The molecule has 0 bridgehead atoms. The van der Waals surface area contributed by atoms with Crippen LogP contribution < -0.4 is 0 Å². The number of aromatic amines is 1. The van der Waals surface area contributed by atoms with Crippen molar-refractivity contribution in [1.29, 1.82) is 0 Å². The summed E-state index contributed by atoms with van der Waals surface area (Å²) in [6.45, 7) is 2.03. The fourth-order valence-corrected chi connectivity index (χ4v) is 1.18. The lowest BCUT2D eigenvalue weighted by molar-refractivity contribution is -0.108. The molecule has 6 heteroatoms. The third kappa shape index (κ3) is 2.54. The Balaban J connectivity index is 2.89. The van der Waals surface area contributed by atoms with E-state index in [0.717, 1.165) is 0 Å². The third-order valence-electron chi connectivity index (χ3n) is 1.80. The molecule has 1 aromatic rings. The number of H-pyrrole nitrogens is 1. The number of carbonyl (C=O) groups is 1. The first kappa shape index (κ1) is 11.7. The van der Waals surface area contributed by atoms with E-state index in [4.69, 9.17) is 14.2 Å². The van der Waals surface area contributed by atoms with Crippen LogP contribution in [0.5, 0.6) is 0 Å². The normalized spacial score (nSPS) is 10.7. The molecule has 15 heavy (non-hydrogen) atoms. The zero-order valence-electron chi connectivity index (χ0n) is 8.94. The molecule has 0 atom stereocenters. The van der Waals surface area contributed by atoms with E-state index in [1.807, 2.05) is 0 Å². The largest absolute Gasteiger partial charge is 0.461 e. The minimum absolute atomic E-state index is 0.186. The number of rotatable bonds is 5. The van der Waals surface area contributed by atoms with Crippen LogP contribution in [-0.4, -0.2) is 36.8 Å². The van der Waals surface area contributed by atoms with Gasteiger partial charge in [0.05, 0.1) is 12.9 Å². The first-order valence-corrected chi connectivity index (χ1v) is 4.50. The topological polar surface area (TPSA) is 73.4 Å². The van der Waals surface area contributed by atoms with Gasteiger partial charge in [0.2, 0.25) is 6.29 Å². The number of methoxy groups -OCH3 is 2. The maximum atomic E-state index is 11.4. The van der Waals surface area contributed by atoms with Crippen LogP contribution >= 0.6 is 0 Å². The van der Waals surface area contributed by atoms with Crippen LogP contribution in [0.25, 0.3) is 0 Å². The van der Waals surface area contributed by atoms with Gasteiger partial charge in [0, 0.05) is 14.2 Å². The number of nitrogens with one attached hydrogen (secondary N) is 1. The number of hydrogen-bond donors (Lipinski definition) is 1. The summed E-state index contributed by atoms with van der Waals surface area (Å²) < 4.78 is 14.9. The van der Waals surface area contributed by atoms with Gasteiger partial charge in [-0.1, -0.05) is 0 Å². The number of imidazole rings is 1. The average Bonchev–Trinajstić information content (AvgIpc) is 2.69. The number of carbonyl (C=O) groups excluding carboxylic acids is 1. The SMILES string of the molecule is CCOC(=O)c1nc[nH]c1C(OC)OC. The van der Waals surface area contributed by atoms with Gasteiger partial charge >= 0.3 is 5.97 Å². The second-order valence-corrected chi connectivity index (χ2v) is 2.69. The molecule has 84 valence electrons. The molecule has 1 N–H and O–H groups in total. The second kappa shape index (κ2) is 5.47. The Hall–Kier alpha value is -1.40. The van der Waals surface area contributed by atoms with E-state index < -0.39 is 12.3 Å². The van der Waals surface area contributed by atoms with Gasteiger partial charge in [0.15, 0.2) is 5.69 Å². The van der Waals surface area contributed by atoms with Crippen molar-refractivity contribution in [3.8, 4) is 0 Å². The molecule has 0 saturated heterocycles. The van der Waals surface area contributed by atoms with Crippen LogP contribution in [0, 0.1) is 0 Å². The maximum Gasteiger partial charge on any atom is 0.359 e. The molecule has 0 aromatic carbocycles. The Morgan fingerprint density at radius 2 is 2.20 bits per heavy atom. The summed E-state index contributed by atoms with van der Waals surface area (Å²) in [6.07, 6.45) is 0.749. The number of aromatic nitrogens is 2. The maximum absolute atomic E-state index is 11.4. The highest BCUT2D eigenvalue weighted by Gasteiger charge is 2.22. The molecule has 0 aliphatic carbocycles. The molecule has 0 fully saturated rings. The van der Waals surface area contributed by atoms with Crippen molar-refractivity contribution in [2.45, 2.75) is 13.2 Å². The van der Waals surface area contributed by atoms with Gasteiger partial charge in [-0.15, -0.1) is 0 Å².